The first kappa shape index (κ1) is 14.2. The Morgan fingerprint density at radius 3 is 2.44 bits per heavy atom. The normalized spacial score (nSPS) is 31.3. The maximum atomic E-state index is 11.4. The number of nitrogens with two attached hydrogens (primary N) is 1. The van der Waals surface area contributed by atoms with Gasteiger partial charge < -0.3 is 4.74 Å². The second-order valence-electron chi connectivity index (χ2n) is 5.37. The monoisotopic (exact) mass is 297 g/mol. The van der Waals surface area contributed by atoms with Crippen LogP contribution in [0.3, 0.4) is 0 Å². The van der Waals surface area contributed by atoms with E-state index in [1.54, 1.807) is 0 Å². The van der Waals surface area contributed by atoms with Crippen molar-refractivity contribution in [2.45, 2.75) is 31.3 Å². The number of hydrogen-bond donors (Lipinski definition) is 1. The molecule has 6 nitrogen and oxygen atoms in total. The third-order valence-electron chi connectivity index (χ3n) is 3.80. The Hall–Kier alpha value is -0.180. The molecule has 106 valence electrons. The van der Waals surface area contributed by atoms with Crippen molar-refractivity contribution < 1.29 is 21.6 Å². The molecule has 0 aromatic rings. The molecule has 0 radical (unpaired) electrons. The van der Waals surface area contributed by atoms with Gasteiger partial charge in [0.05, 0.1) is 22.9 Å². The molecule has 0 aromatic heterocycles. The van der Waals surface area contributed by atoms with Crippen LogP contribution in [0.2, 0.25) is 0 Å². The Morgan fingerprint density at radius 1 is 1.28 bits per heavy atom. The molecular formula is C10H19NO5S2. The molecular weight excluding hydrogens is 278 g/mol. The Bertz CT molecular complexity index is 496. The van der Waals surface area contributed by atoms with E-state index in [9.17, 15) is 16.8 Å². The van der Waals surface area contributed by atoms with Gasteiger partial charge in [0.2, 0.25) is 10.0 Å². The van der Waals surface area contributed by atoms with Gasteiger partial charge in [-0.3, -0.25) is 0 Å². The largest absolute Gasteiger partial charge is 0.375 e. The maximum absolute atomic E-state index is 11.4. The molecule has 18 heavy (non-hydrogen) atoms. The van der Waals surface area contributed by atoms with Gasteiger partial charge in [0, 0.05) is 6.61 Å². The van der Waals surface area contributed by atoms with Gasteiger partial charge in [-0.1, -0.05) is 0 Å². The van der Waals surface area contributed by atoms with E-state index in [-0.39, 0.29) is 23.2 Å². The van der Waals surface area contributed by atoms with E-state index in [2.05, 4.69) is 0 Å². The number of primary sulfonamides is 1. The topological polar surface area (TPSA) is 104 Å². The summed E-state index contributed by atoms with van der Waals surface area (Å²) >= 11 is 0. The van der Waals surface area contributed by atoms with Crippen molar-refractivity contribution in [1.82, 2.24) is 0 Å². The Labute approximate surface area is 108 Å². The van der Waals surface area contributed by atoms with Crippen LogP contribution in [0.4, 0.5) is 0 Å². The van der Waals surface area contributed by atoms with E-state index in [1.807, 2.05) is 0 Å². The van der Waals surface area contributed by atoms with Crippen LogP contribution in [0, 0.1) is 5.92 Å². The van der Waals surface area contributed by atoms with Gasteiger partial charge in [-0.2, -0.15) is 0 Å². The van der Waals surface area contributed by atoms with Gasteiger partial charge in [-0.25, -0.2) is 22.0 Å². The summed E-state index contributed by atoms with van der Waals surface area (Å²) in [6.07, 6.45) is 2.21. The van der Waals surface area contributed by atoms with Crippen molar-refractivity contribution >= 4 is 19.9 Å². The lowest BCUT2D eigenvalue weighted by Gasteiger charge is -2.43. The lowest BCUT2D eigenvalue weighted by Crippen LogP contribution is -2.47. The third kappa shape index (κ3) is 3.66. The second kappa shape index (κ2) is 4.73. The van der Waals surface area contributed by atoms with Crippen LogP contribution in [0.25, 0.3) is 0 Å². The molecule has 1 atom stereocenters. The van der Waals surface area contributed by atoms with Gasteiger partial charge in [0.25, 0.3) is 0 Å². The van der Waals surface area contributed by atoms with E-state index in [0.717, 1.165) is 0 Å². The second-order valence-corrected chi connectivity index (χ2v) is 9.33. The Balaban J connectivity index is 2.03. The number of ether oxygens (including phenoxy) is 1. The minimum Gasteiger partial charge on any atom is -0.375 e. The van der Waals surface area contributed by atoms with Crippen LogP contribution in [-0.4, -0.2) is 46.3 Å². The molecule has 1 unspecified atom stereocenters. The van der Waals surface area contributed by atoms with Crippen LogP contribution < -0.4 is 5.14 Å². The fourth-order valence-electron chi connectivity index (χ4n) is 2.86. The van der Waals surface area contributed by atoms with Crippen molar-refractivity contribution in [3.63, 3.8) is 0 Å². The lowest BCUT2D eigenvalue weighted by atomic mass is 9.83. The average molecular weight is 297 g/mol. The van der Waals surface area contributed by atoms with E-state index in [4.69, 9.17) is 9.88 Å². The summed E-state index contributed by atoms with van der Waals surface area (Å²) in [5.74, 6) is 0.212. The number of sulfonamides is 1. The first-order valence-corrected chi connectivity index (χ1v) is 9.58. The van der Waals surface area contributed by atoms with E-state index in [0.29, 0.717) is 32.3 Å². The van der Waals surface area contributed by atoms with Crippen molar-refractivity contribution in [1.29, 1.82) is 0 Å². The lowest BCUT2D eigenvalue weighted by molar-refractivity contribution is -0.0993. The van der Waals surface area contributed by atoms with Crippen LogP contribution in [0.5, 0.6) is 0 Å². The highest BCUT2D eigenvalue weighted by molar-refractivity contribution is 7.91. The summed E-state index contributed by atoms with van der Waals surface area (Å²) in [5, 5.41) is 5.06. The molecule has 0 saturated carbocycles. The molecule has 1 spiro atoms. The maximum Gasteiger partial charge on any atom is 0.209 e. The highest BCUT2D eigenvalue weighted by Crippen LogP contribution is 2.38. The zero-order valence-electron chi connectivity index (χ0n) is 10.2. The van der Waals surface area contributed by atoms with Crippen LogP contribution >= 0.6 is 0 Å². The van der Waals surface area contributed by atoms with Crippen LogP contribution in [0.15, 0.2) is 0 Å². The zero-order chi connectivity index (χ0) is 13.4. The summed E-state index contributed by atoms with van der Waals surface area (Å²) in [6.45, 7) is 0.486. The molecule has 0 aromatic carbocycles. The van der Waals surface area contributed by atoms with Gasteiger partial charge in [0.1, 0.15) is 0 Å². The molecule has 0 amide bonds. The van der Waals surface area contributed by atoms with Crippen molar-refractivity contribution in [2.75, 3.05) is 23.9 Å². The number of hydrogen-bond acceptors (Lipinski definition) is 5. The van der Waals surface area contributed by atoms with Gasteiger partial charge in [0.15, 0.2) is 9.84 Å². The first-order valence-electron chi connectivity index (χ1n) is 6.05. The van der Waals surface area contributed by atoms with Crippen molar-refractivity contribution in [2.24, 2.45) is 11.1 Å². The summed E-state index contributed by atoms with van der Waals surface area (Å²) in [7, 11) is -6.41. The summed E-state index contributed by atoms with van der Waals surface area (Å²) in [4.78, 5) is 0. The molecule has 2 aliphatic rings. The molecule has 0 aliphatic carbocycles. The summed E-state index contributed by atoms with van der Waals surface area (Å²) < 4.78 is 50.8. The molecule has 2 aliphatic heterocycles. The van der Waals surface area contributed by atoms with Crippen LogP contribution in [0.1, 0.15) is 25.7 Å². The average Bonchev–Trinajstić information content (AvgIpc) is 2.21. The number of rotatable bonds is 2. The van der Waals surface area contributed by atoms with Gasteiger partial charge in [-0.05, 0) is 31.6 Å². The molecule has 2 fully saturated rings. The predicted octanol–water partition coefficient (Wildman–Crippen LogP) is -0.351. The van der Waals surface area contributed by atoms with Crippen molar-refractivity contribution in [3.8, 4) is 0 Å². The predicted molar refractivity (Wildman–Crippen MR) is 67.3 cm³/mol. The summed E-state index contributed by atoms with van der Waals surface area (Å²) in [5.41, 5.74) is -0.446. The SMILES string of the molecule is NS(=O)(=O)CC1CCOC2(CCS(=O)(=O)CC2)C1. The standard InChI is InChI=1S/C10H19NO5S2/c11-18(14,15)8-9-1-4-16-10(7-9)2-5-17(12,13)6-3-10/h9H,1-8H2,(H2,11,14,15). The van der Waals surface area contributed by atoms with E-state index >= 15 is 0 Å². The van der Waals surface area contributed by atoms with Gasteiger partial charge >= 0.3 is 0 Å². The highest BCUT2D eigenvalue weighted by Gasteiger charge is 2.42. The van der Waals surface area contributed by atoms with Crippen molar-refractivity contribution in [3.05, 3.63) is 0 Å². The fourth-order valence-corrected chi connectivity index (χ4v) is 5.37. The smallest absolute Gasteiger partial charge is 0.209 e. The quantitative estimate of drug-likeness (QED) is 0.750. The molecule has 2 heterocycles. The van der Waals surface area contributed by atoms with Crippen LogP contribution in [-0.2, 0) is 24.6 Å². The molecule has 8 heteroatoms. The molecule has 2 rings (SSSR count). The molecule has 2 saturated heterocycles. The van der Waals surface area contributed by atoms with E-state index < -0.39 is 25.5 Å². The molecule has 2 N–H and O–H groups in total. The Morgan fingerprint density at radius 2 is 1.89 bits per heavy atom. The summed E-state index contributed by atoms with van der Waals surface area (Å²) in [6, 6.07) is 0. The highest BCUT2D eigenvalue weighted by atomic mass is 32.2. The minimum absolute atomic E-state index is 0.0189. The van der Waals surface area contributed by atoms with Gasteiger partial charge in [-0.15, -0.1) is 0 Å². The number of sulfone groups is 1. The Kier molecular flexibility index (Phi) is 3.74. The molecule has 0 bridgehead atoms. The minimum atomic E-state index is -3.48. The fraction of sp³-hybridized carbons (Fsp3) is 1.00. The first-order chi connectivity index (χ1) is 8.20. The van der Waals surface area contributed by atoms with E-state index in [1.165, 1.54) is 0 Å². The third-order valence-corrected chi connectivity index (χ3v) is 6.39. The zero-order valence-corrected chi connectivity index (χ0v) is 11.8.